The van der Waals surface area contributed by atoms with Crippen molar-refractivity contribution >= 4 is 27.3 Å². The molecule has 2 aromatic rings. The van der Waals surface area contributed by atoms with E-state index in [-0.39, 0.29) is 18.2 Å². The van der Waals surface area contributed by atoms with Gasteiger partial charge in [0.25, 0.3) is 0 Å². The van der Waals surface area contributed by atoms with E-state index in [1.807, 2.05) is 41.8 Å². The smallest absolute Gasteiger partial charge is 0.225 e. The number of carbonyl (C=O) groups is 1. The molecule has 2 heterocycles. The van der Waals surface area contributed by atoms with Crippen LogP contribution in [0.2, 0.25) is 0 Å². The second-order valence-electron chi connectivity index (χ2n) is 5.77. The molecule has 0 unspecified atom stereocenters. The topological polar surface area (TPSA) is 66.5 Å². The van der Waals surface area contributed by atoms with Gasteiger partial charge >= 0.3 is 0 Å². The number of nitrogens with zero attached hydrogens (tertiary/aromatic N) is 1. The van der Waals surface area contributed by atoms with Gasteiger partial charge in [0.05, 0.1) is 12.2 Å². The van der Waals surface area contributed by atoms with Crippen LogP contribution in [0, 0.1) is 0 Å². The zero-order valence-electron chi connectivity index (χ0n) is 13.3. The number of benzene rings is 1. The minimum absolute atomic E-state index is 0.0641. The van der Waals surface area contributed by atoms with Crippen molar-refractivity contribution in [3.05, 3.63) is 57.8 Å². The Morgan fingerprint density at radius 1 is 1.17 bits per heavy atom. The molecular formula is C17H20N2O3S2. The first-order valence-corrected chi connectivity index (χ1v) is 10.4. The number of rotatable bonds is 6. The van der Waals surface area contributed by atoms with Crippen LogP contribution in [0.5, 0.6) is 0 Å². The van der Waals surface area contributed by atoms with Crippen molar-refractivity contribution in [3.63, 3.8) is 0 Å². The molecule has 7 heteroatoms. The minimum Gasteiger partial charge on any atom is -0.355 e. The van der Waals surface area contributed by atoms with Crippen LogP contribution in [-0.2, 0) is 34.2 Å². The van der Waals surface area contributed by atoms with Crippen LogP contribution in [0.4, 0.5) is 0 Å². The summed E-state index contributed by atoms with van der Waals surface area (Å²) in [5.41, 5.74) is 2.28. The number of fused-ring (bicyclic) bond motifs is 1. The van der Waals surface area contributed by atoms with E-state index >= 15 is 0 Å². The van der Waals surface area contributed by atoms with Crippen LogP contribution in [0.25, 0.3) is 0 Å². The molecule has 0 radical (unpaired) electrons. The SMILES string of the molecule is O=C(Cc1cccs1)NCCS(=O)(=O)N1CCc2ccccc2C1. The quantitative estimate of drug-likeness (QED) is 0.850. The fourth-order valence-electron chi connectivity index (χ4n) is 2.79. The Kier molecular flexibility index (Phi) is 5.33. The van der Waals surface area contributed by atoms with Crippen molar-refractivity contribution in [2.24, 2.45) is 0 Å². The molecule has 1 amide bonds. The molecule has 1 aromatic carbocycles. The molecule has 1 aromatic heterocycles. The van der Waals surface area contributed by atoms with E-state index in [9.17, 15) is 13.2 Å². The van der Waals surface area contributed by atoms with E-state index < -0.39 is 10.0 Å². The number of nitrogens with one attached hydrogen (secondary N) is 1. The molecular weight excluding hydrogens is 344 g/mol. The van der Waals surface area contributed by atoms with Gasteiger partial charge in [-0.1, -0.05) is 30.3 Å². The van der Waals surface area contributed by atoms with Crippen molar-refractivity contribution in [2.45, 2.75) is 19.4 Å². The summed E-state index contributed by atoms with van der Waals surface area (Å²) in [6.45, 7) is 1.06. The molecule has 0 aliphatic carbocycles. The molecule has 0 fully saturated rings. The lowest BCUT2D eigenvalue weighted by atomic mass is 10.0. The third kappa shape index (κ3) is 4.23. The molecule has 0 spiro atoms. The Labute approximate surface area is 146 Å². The van der Waals surface area contributed by atoms with Gasteiger partial charge in [-0.15, -0.1) is 11.3 Å². The van der Waals surface area contributed by atoms with Gasteiger partial charge in [0, 0.05) is 24.5 Å². The summed E-state index contributed by atoms with van der Waals surface area (Å²) in [6, 6.07) is 11.7. The standard InChI is InChI=1S/C17H20N2O3S2/c20-17(12-16-6-3-10-23-16)18-8-11-24(21,22)19-9-7-14-4-1-2-5-15(14)13-19/h1-6,10H,7-9,11-13H2,(H,18,20). The van der Waals surface area contributed by atoms with E-state index in [0.29, 0.717) is 19.5 Å². The van der Waals surface area contributed by atoms with E-state index in [0.717, 1.165) is 16.9 Å². The molecule has 1 aliphatic heterocycles. The van der Waals surface area contributed by atoms with Gasteiger partial charge in [-0.05, 0) is 29.0 Å². The van der Waals surface area contributed by atoms with Crippen LogP contribution in [-0.4, -0.2) is 37.5 Å². The molecule has 3 rings (SSSR count). The molecule has 0 bridgehead atoms. The van der Waals surface area contributed by atoms with E-state index in [1.165, 1.54) is 21.2 Å². The average molecular weight is 364 g/mol. The van der Waals surface area contributed by atoms with Crippen molar-refractivity contribution < 1.29 is 13.2 Å². The second kappa shape index (κ2) is 7.46. The van der Waals surface area contributed by atoms with Crippen LogP contribution >= 0.6 is 11.3 Å². The van der Waals surface area contributed by atoms with Crippen LogP contribution in [0.15, 0.2) is 41.8 Å². The summed E-state index contributed by atoms with van der Waals surface area (Å²) in [5, 5.41) is 4.62. The van der Waals surface area contributed by atoms with Crippen LogP contribution in [0.1, 0.15) is 16.0 Å². The van der Waals surface area contributed by atoms with Gasteiger partial charge in [-0.25, -0.2) is 8.42 Å². The molecule has 1 N–H and O–H groups in total. The lowest BCUT2D eigenvalue weighted by Gasteiger charge is -2.28. The summed E-state index contributed by atoms with van der Waals surface area (Å²) in [4.78, 5) is 12.8. The Hall–Kier alpha value is -1.70. The zero-order chi connectivity index (χ0) is 17.0. The highest BCUT2D eigenvalue weighted by Gasteiger charge is 2.26. The summed E-state index contributed by atoms with van der Waals surface area (Å²) in [7, 11) is -3.36. The lowest BCUT2D eigenvalue weighted by Crippen LogP contribution is -2.40. The van der Waals surface area contributed by atoms with Gasteiger partial charge in [0.1, 0.15) is 0 Å². The fraction of sp³-hybridized carbons (Fsp3) is 0.353. The number of thiophene rings is 1. The van der Waals surface area contributed by atoms with Gasteiger partial charge in [0.2, 0.25) is 15.9 Å². The maximum atomic E-state index is 12.5. The highest BCUT2D eigenvalue weighted by Crippen LogP contribution is 2.20. The molecule has 0 saturated heterocycles. The average Bonchev–Trinajstić information content (AvgIpc) is 3.07. The third-order valence-corrected chi connectivity index (χ3v) is 6.78. The van der Waals surface area contributed by atoms with E-state index in [4.69, 9.17) is 0 Å². The first kappa shape index (κ1) is 17.1. The Morgan fingerprint density at radius 3 is 2.71 bits per heavy atom. The maximum absolute atomic E-state index is 12.5. The van der Waals surface area contributed by atoms with Crippen LogP contribution < -0.4 is 5.32 Å². The first-order chi connectivity index (χ1) is 11.5. The Balaban J connectivity index is 1.50. The van der Waals surface area contributed by atoms with E-state index in [2.05, 4.69) is 5.32 Å². The third-order valence-electron chi connectivity index (χ3n) is 4.09. The van der Waals surface area contributed by atoms with Gasteiger partial charge in [-0.3, -0.25) is 4.79 Å². The zero-order valence-corrected chi connectivity index (χ0v) is 14.9. The second-order valence-corrected chi connectivity index (χ2v) is 8.90. The van der Waals surface area contributed by atoms with Crippen LogP contribution in [0.3, 0.4) is 0 Å². The van der Waals surface area contributed by atoms with Crippen molar-refractivity contribution in [1.29, 1.82) is 0 Å². The van der Waals surface area contributed by atoms with Crippen molar-refractivity contribution in [2.75, 3.05) is 18.8 Å². The van der Waals surface area contributed by atoms with Gasteiger partial charge in [0.15, 0.2) is 0 Å². The van der Waals surface area contributed by atoms with Gasteiger partial charge < -0.3 is 5.32 Å². The highest BCUT2D eigenvalue weighted by molar-refractivity contribution is 7.89. The van der Waals surface area contributed by atoms with E-state index in [1.54, 1.807) is 0 Å². The summed E-state index contributed by atoms with van der Waals surface area (Å²) in [5.74, 6) is -0.206. The predicted octanol–water partition coefficient (Wildman–Crippen LogP) is 1.79. The number of hydrogen-bond donors (Lipinski definition) is 1. The Bertz CT molecular complexity index is 801. The van der Waals surface area contributed by atoms with Gasteiger partial charge in [-0.2, -0.15) is 4.31 Å². The van der Waals surface area contributed by atoms with Crippen molar-refractivity contribution in [1.82, 2.24) is 9.62 Å². The summed E-state index contributed by atoms with van der Waals surface area (Å²) < 4.78 is 26.5. The predicted molar refractivity (Wildman–Crippen MR) is 95.4 cm³/mol. The van der Waals surface area contributed by atoms with Crippen molar-refractivity contribution in [3.8, 4) is 0 Å². The molecule has 5 nitrogen and oxygen atoms in total. The molecule has 1 aliphatic rings. The maximum Gasteiger partial charge on any atom is 0.225 e. The minimum atomic E-state index is -3.36. The Morgan fingerprint density at radius 2 is 1.96 bits per heavy atom. The molecule has 0 saturated carbocycles. The summed E-state index contributed by atoms with van der Waals surface area (Å²) >= 11 is 1.52. The highest BCUT2D eigenvalue weighted by atomic mass is 32.2. The number of carbonyl (C=O) groups excluding carboxylic acids is 1. The summed E-state index contributed by atoms with van der Waals surface area (Å²) in [6.07, 6.45) is 1.04. The first-order valence-electron chi connectivity index (χ1n) is 7.88. The monoisotopic (exact) mass is 364 g/mol. The number of sulfonamides is 1. The number of amides is 1. The lowest BCUT2D eigenvalue weighted by molar-refractivity contribution is -0.120. The fourth-order valence-corrected chi connectivity index (χ4v) is 4.82. The molecule has 0 atom stereocenters. The molecule has 128 valence electrons. The normalized spacial score (nSPS) is 15.0. The molecule has 24 heavy (non-hydrogen) atoms. The number of hydrogen-bond acceptors (Lipinski definition) is 4. The largest absolute Gasteiger partial charge is 0.355 e.